The molecule has 1 atom stereocenters. The average Bonchev–Trinajstić information content (AvgIpc) is 2.93. The van der Waals surface area contributed by atoms with Crippen molar-refractivity contribution < 1.29 is 22.5 Å². The third kappa shape index (κ3) is 5.33. The zero-order valence-electron chi connectivity index (χ0n) is 17.0. The summed E-state index contributed by atoms with van der Waals surface area (Å²) in [5, 5.41) is 3.92. The maximum atomic E-state index is 12.7. The first kappa shape index (κ1) is 21.3. The van der Waals surface area contributed by atoms with E-state index < -0.39 is 10.0 Å². The molecule has 9 heteroatoms. The predicted octanol–water partition coefficient (Wildman–Crippen LogP) is 1.56. The van der Waals surface area contributed by atoms with Crippen LogP contribution in [0.1, 0.15) is 49.1 Å². The van der Waals surface area contributed by atoms with Gasteiger partial charge in [-0.25, -0.2) is 13.1 Å². The van der Waals surface area contributed by atoms with Gasteiger partial charge in [-0.05, 0) is 51.9 Å². The van der Waals surface area contributed by atoms with Crippen LogP contribution in [0.25, 0.3) is 0 Å². The van der Waals surface area contributed by atoms with Crippen molar-refractivity contribution in [3.63, 3.8) is 0 Å². The Morgan fingerprint density at radius 3 is 2.64 bits per heavy atom. The predicted molar refractivity (Wildman–Crippen MR) is 104 cm³/mol. The monoisotopic (exact) mass is 413 g/mol. The standard InChI is InChI=1S/C19H31N3O5S/c1-14-17(15(2)27-21-14)12-18(23)22-9-6-19(7-10-22)13-16(5-11-26-19)4-8-20-28(3,24)25/h16,20H,4-13H2,1-3H3. The molecule has 1 N–H and O–H groups in total. The number of carbonyl (C=O) groups is 1. The van der Waals surface area contributed by atoms with Crippen molar-refractivity contribution >= 4 is 15.9 Å². The molecule has 0 aliphatic carbocycles. The summed E-state index contributed by atoms with van der Waals surface area (Å²) in [4.78, 5) is 14.6. The Morgan fingerprint density at radius 2 is 2.04 bits per heavy atom. The highest BCUT2D eigenvalue weighted by Crippen LogP contribution is 2.38. The lowest BCUT2D eigenvalue weighted by molar-refractivity contribution is -0.146. The number of amides is 1. The molecule has 2 fully saturated rings. The molecule has 2 aliphatic heterocycles. The molecule has 28 heavy (non-hydrogen) atoms. The summed E-state index contributed by atoms with van der Waals surface area (Å²) >= 11 is 0. The van der Waals surface area contributed by atoms with Crippen molar-refractivity contribution in [2.75, 3.05) is 32.5 Å². The normalized spacial score (nSPS) is 22.5. The van der Waals surface area contributed by atoms with Gasteiger partial charge in [-0.1, -0.05) is 5.16 Å². The Hall–Kier alpha value is -1.45. The molecule has 3 rings (SSSR count). The topological polar surface area (TPSA) is 102 Å². The summed E-state index contributed by atoms with van der Waals surface area (Å²) in [7, 11) is -3.14. The molecule has 2 saturated heterocycles. The van der Waals surface area contributed by atoms with Gasteiger partial charge in [0.15, 0.2) is 0 Å². The molecular weight excluding hydrogens is 382 g/mol. The number of ether oxygens (including phenoxy) is 1. The second-order valence-corrected chi connectivity index (χ2v) is 10.0. The quantitative estimate of drug-likeness (QED) is 0.759. The van der Waals surface area contributed by atoms with Gasteiger partial charge in [0.2, 0.25) is 15.9 Å². The van der Waals surface area contributed by atoms with Crippen molar-refractivity contribution in [2.24, 2.45) is 5.92 Å². The van der Waals surface area contributed by atoms with Crippen LogP contribution in [0.2, 0.25) is 0 Å². The van der Waals surface area contributed by atoms with Crippen molar-refractivity contribution in [1.29, 1.82) is 0 Å². The van der Waals surface area contributed by atoms with E-state index in [0.717, 1.165) is 43.4 Å². The molecule has 0 aromatic carbocycles. The summed E-state index contributed by atoms with van der Waals surface area (Å²) < 4.78 is 36.4. The number of hydrogen-bond donors (Lipinski definition) is 1. The lowest BCUT2D eigenvalue weighted by Gasteiger charge is -2.46. The van der Waals surface area contributed by atoms with Crippen LogP contribution in [0.4, 0.5) is 0 Å². The number of nitrogens with one attached hydrogen (secondary N) is 1. The van der Waals surface area contributed by atoms with Gasteiger partial charge in [0.25, 0.3) is 0 Å². The van der Waals surface area contributed by atoms with Crippen LogP contribution in [0.15, 0.2) is 4.52 Å². The van der Waals surface area contributed by atoms with Gasteiger partial charge in [0, 0.05) is 31.8 Å². The maximum absolute atomic E-state index is 12.7. The van der Waals surface area contributed by atoms with Crippen molar-refractivity contribution in [1.82, 2.24) is 14.8 Å². The summed E-state index contributed by atoms with van der Waals surface area (Å²) in [5.74, 6) is 1.27. The van der Waals surface area contributed by atoms with E-state index in [1.807, 2.05) is 18.7 Å². The first-order chi connectivity index (χ1) is 13.2. The molecule has 3 heterocycles. The van der Waals surface area contributed by atoms with Crippen LogP contribution in [0.3, 0.4) is 0 Å². The molecule has 1 unspecified atom stereocenters. The number of carbonyl (C=O) groups excluding carboxylic acids is 1. The molecule has 1 spiro atoms. The third-order valence-electron chi connectivity index (χ3n) is 6.05. The zero-order valence-corrected chi connectivity index (χ0v) is 17.8. The number of hydrogen-bond acceptors (Lipinski definition) is 6. The minimum atomic E-state index is -3.14. The minimum Gasteiger partial charge on any atom is -0.375 e. The molecule has 158 valence electrons. The van der Waals surface area contributed by atoms with E-state index >= 15 is 0 Å². The summed E-state index contributed by atoms with van der Waals surface area (Å²) in [5.41, 5.74) is 1.49. The third-order valence-corrected chi connectivity index (χ3v) is 6.78. The maximum Gasteiger partial charge on any atom is 0.227 e. The fraction of sp³-hybridized carbons (Fsp3) is 0.789. The van der Waals surface area contributed by atoms with E-state index in [0.29, 0.717) is 44.3 Å². The second kappa shape index (κ2) is 8.51. The van der Waals surface area contributed by atoms with Crippen LogP contribution >= 0.6 is 0 Å². The molecular formula is C19H31N3O5S. The summed E-state index contributed by atoms with van der Waals surface area (Å²) in [6, 6.07) is 0. The smallest absolute Gasteiger partial charge is 0.227 e. The highest BCUT2D eigenvalue weighted by atomic mass is 32.2. The van der Waals surface area contributed by atoms with E-state index in [-0.39, 0.29) is 11.5 Å². The fourth-order valence-electron chi connectivity index (χ4n) is 4.35. The Bertz CT molecular complexity index is 777. The highest BCUT2D eigenvalue weighted by molar-refractivity contribution is 7.88. The van der Waals surface area contributed by atoms with Gasteiger partial charge in [-0.15, -0.1) is 0 Å². The van der Waals surface area contributed by atoms with Crippen molar-refractivity contribution in [2.45, 2.75) is 58.0 Å². The number of aromatic nitrogens is 1. The van der Waals surface area contributed by atoms with Gasteiger partial charge in [0.05, 0.1) is 24.0 Å². The Balaban J connectivity index is 1.50. The first-order valence-electron chi connectivity index (χ1n) is 9.96. The first-order valence-corrected chi connectivity index (χ1v) is 11.8. The number of sulfonamides is 1. The lowest BCUT2D eigenvalue weighted by Crippen LogP contribution is -2.51. The summed E-state index contributed by atoms with van der Waals surface area (Å²) in [6.07, 6.45) is 5.90. The van der Waals surface area contributed by atoms with Gasteiger partial charge in [-0.2, -0.15) is 0 Å². The molecule has 2 aliphatic rings. The Kier molecular flexibility index (Phi) is 6.46. The number of piperidine rings is 1. The molecule has 8 nitrogen and oxygen atoms in total. The Labute approximate surface area is 167 Å². The number of rotatable bonds is 6. The molecule has 1 amide bonds. The highest BCUT2D eigenvalue weighted by Gasteiger charge is 2.41. The average molecular weight is 414 g/mol. The number of nitrogens with zero attached hydrogens (tertiary/aromatic N) is 2. The van der Waals surface area contributed by atoms with Gasteiger partial charge in [-0.3, -0.25) is 4.79 Å². The SMILES string of the molecule is Cc1noc(C)c1CC(=O)N1CCC2(CC1)CC(CCNS(C)(=O)=O)CCO2. The second-order valence-electron chi connectivity index (χ2n) is 8.21. The lowest BCUT2D eigenvalue weighted by atomic mass is 9.78. The minimum absolute atomic E-state index is 0.106. The van der Waals surface area contributed by atoms with Crippen LogP contribution < -0.4 is 4.72 Å². The van der Waals surface area contributed by atoms with E-state index in [4.69, 9.17) is 9.26 Å². The molecule has 0 radical (unpaired) electrons. The largest absolute Gasteiger partial charge is 0.375 e. The molecule has 1 aromatic heterocycles. The van der Waals surface area contributed by atoms with E-state index in [2.05, 4.69) is 9.88 Å². The number of likely N-dealkylation sites (tertiary alicyclic amines) is 1. The number of aryl methyl sites for hydroxylation is 2. The van der Waals surface area contributed by atoms with Gasteiger partial charge >= 0.3 is 0 Å². The van der Waals surface area contributed by atoms with Crippen LogP contribution in [-0.4, -0.2) is 62.5 Å². The molecule has 0 saturated carbocycles. The van der Waals surface area contributed by atoms with E-state index in [9.17, 15) is 13.2 Å². The van der Waals surface area contributed by atoms with E-state index in [1.165, 1.54) is 6.26 Å². The van der Waals surface area contributed by atoms with E-state index in [1.54, 1.807) is 0 Å². The van der Waals surface area contributed by atoms with Crippen LogP contribution in [0, 0.1) is 19.8 Å². The van der Waals surface area contributed by atoms with Gasteiger partial charge < -0.3 is 14.2 Å². The Morgan fingerprint density at radius 1 is 1.32 bits per heavy atom. The van der Waals surface area contributed by atoms with Gasteiger partial charge in [0.1, 0.15) is 5.76 Å². The molecule has 0 bridgehead atoms. The van der Waals surface area contributed by atoms with Crippen molar-refractivity contribution in [3.05, 3.63) is 17.0 Å². The molecule has 1 aromatic rings. The van der Waals surface area contributed by atoms with Crippen LogP contribution in [0.5, 0.6) is 0 Å². The fourth-order valence-corrected chi connectivity index (χ4v) is 4.84. The van der Waals surface area contributed by atoms with Crippen molar-refractivity contribution in [3.8, 4) is 0 Å². The summed E-state index contributed by atoms with van der Waals surface area (Å²) in [6.45, 7) is 6.26. The van der Waals surface area contributed by atoms with Crippen LogP contribution in [-0.2, 0) is 26.0 Å². The zero-order chi connectivity index (χ0) is 20.4.